The highest BCUT2D eigenvalue weighted by atomic mass is 35.5. The first kappa shape index (κ1) is 20.2. The number of rotatable bonds is 3. The molecule has 3 heterocycles. The fourth-order valence-electron chi connectivity index (χ4n) is 4.33. The maximum Gasteiger partial charge on any atom is 0.262 e. The number of hydrogen-bond donors (Lipinski definition) is 0. The molecule has 5 rings (SSSR count). The minimum atomic E-state index is -0.540. The third kappa shape index (κ3) is 3.42. The van der Waals surface area contributed by atoms with Crippen LogP contribution in [0.25, 0.3) is 0 Å². The third-order valence-corrected chi connectivity index (χ3v) is 6.55. The average molecular weight is 461 g/mol. The fourth-order valence-corrected chi connectivity index (χ4v) is 4.66. The molecule has 1 fully saturated rings. The van der Waals surface area contributed by atoms with E-state index in [-0.39, 0.29) is 39.7 Å². The number of hydrogen-bond acceptors (Lipinski definition) is 5. The van der Waals surface area contributed by atoms with Crippen LogP contribution in [0.4, 0.5) is 0 Å². The maximum atomic E-state index is 13.1. The van der Waals surface area contributed by atoms with Crippen LogP contribution in [0.1, 0.15) is 45.2 Å². The Bertz CT molecular complexity index is 1080. The second kappa shape index (κ2) is 7.73. The summed E-state index contributed by atoms with van der Waals surface area (Å²) in [4.78, 5) is 41.3. The number of amides is 3. The van der Waals surface area contributed by atoms with Crippen LogP contribution in [-0.4, -0.2) is 53.8 Å². The largest absolute Gasteiger partial charge is 0.486 e. The number of carbonyl (C=O) groups excluding carboxylic acids is 3. The predicted octanol–water partition coefficient (Wildman–Crippen LogP) is 3.72. The van der Waals surface area contributed by atoms with Gasteiger partial charge in [-0.1, -0.05) is 29.3 Å². The Kier molecular flexibility index (Phi) is 5.02. The summed E-state index contributed by atoms with van der Waals surface area (Å²) in [6, 6.07) is 8.27. The molecule has 2 aromatic carbocycles. The Morgan fingerprint density at radius 3 is 2.29 bits per heavy atom. The van der Waals surface area contributed by atoms with E-state index in [0.29, 0.717) is 31.3 Å². The smallest absolute Gasteiger partial charge is 0.262 e. The molecule has 2 aromatic rings. The van der Waals surface area contributed by atoms with E-state index in [2.05, 4.69) is 0 Å². The molecule has 1 unspecified atom stereocenters. The molecule has 3 aliphatic rings. The summed E-state index contributed by atoms with van der Waals surface area (Å²) in [5, 5.41) is 0.376. The molecule has 160 valence electrons. The molecular weight excluding hydrogens is 443 g/mol. The van der Waals surface area contributed by atoms with Crippen molar-refractivity contribution < 1.29 is 23.9 Å². The van der Waals surface area contributed by atoms with Gasteiger partial charge in [-0.2, -0.15) is 0 Å². The number of fused-ring (bicyclic) bond motifs is 2. The van der Waals surface area contributed by atoms with E-state index in [1.165, 1.54) is 12.1 Å². The van der Waals surface area contributed by atoms with E-state index in [1.54, 1.807) is 4.90 Å². The lowest BCUT2D eigenvalue weighted by Crippen LogP contribution is -2.42. The average Bonchev–Trinajstić information content (AvgIpc) is 3.34. The first-order valence-corrected chi connectivity index (χ1v) is 10.7. The van der Waals surface area contributed by atoms with Gasteiger partial charge in [0.1, 0.15) is 19.8 Å². The summed E-state index contributed by atoms with van der Waals surface area (Å²) < 4.78 is 11.2. The topological polar surface area (TPSA) is 76.2 Å². The summed E-state index contributed by atoms with van der Waals surface area (Å²) in [5.41, 5.74) is 1.27. The van der Waals surface area contributed by atoms with Crippen molar-refractivity contribution in [2.45, 2.75) is 18.9 Å². The van der Waals surface area contributed by atoms with Crippen molar-refractivity contribution in [1.82, 2.24) is 9.80 Å². The second-order valence-corrected chi connectivity index (χ2v) is 8.47. The number of halogens is 2. The number of likely N-dealkylation sites (tertiary alicyclic amines) is 1. The van der Waals surface area contributed by atoms with Gasteiger partial charge in [-0.3, -0.25) is 19.3 Å². The minimum Gasteiger partial charge on any atom is -0.486 e. The SMILES string of the molecule is O=C1c2cc(Cl)c(Cl)cc2C(=O)N1CC(=O)N1CCCC1c1ccc2c(c1)OCCO2. The number of ether oxygens (including phenoxy) is 2. The van der Waals surface area contributed by atoms with Crippen molar-refractivity contribution in [3.8, 4) is 11.5 Å². The van der Waals surface area contributed by atoms with E-state index in [0.717, 1.165) is 23.3 Å². The van der Waals surface area contributed by atoms with Gasteiger partial charge in [-0.25, -0.2) is 0 Å². The second-order valence-electron chi connectivity index (χ2n) is 7.66. The zero-order chi connectivity index (χ0) is 21.7. The van der Waals surface area contributed by atoms with Crippen molar-refractivity contribution in [2.75, 3.05) is 26.3 Å². The standard InChI is InChI=1S/C22H18Cl2N2O5/c23-15-9-13-14(10-16(15)24)22(29)26(21(13)28)11-20(27)25-5-1-2-17(25)12-3-4-18-19(8-12)31-7-6-30-18/h3-4,8-10,17H,1-2,5-7,11H2. The lowest BCUT2D eigenvalue weighted by Gasteiger charge is -2.28. The first-order valence-electron chi connectivity index (χ1n) is 9.98. The number of nitrogens with zero attached hydrogens (tertiary/aromatic N) is 2. The molecular formula is C22H18Cl2N2O5. The van der Waals surface area contributed by atoms with E-state index in [4.69, 9.17) is 32.7 Å². The van der Waals surface area contributed by atoms with Crippen molar-refractivity contribution in [1.29, 1.82) is 0 Å². The molecule has 0 aliphatic carbocycles. The van der Waals surface area contributed by atoms with E-state index < -0.39 is 11.8 Å². The zero-order valence-electron chi connectivity index (χ0n) is 16.4. The number of imide groups is 1. The van der Waals surface area contributed by atoms with Crippen molar-refractivity contribution >= 4 is 40.9 Å². The van der Waals surface area contributed by atoms with Gasteiger partial charge in [0.05, 0.1) is 27.2 Å². The molecule has 9 heteroatoms. The molecule has 0 aromatic heterocycles. The monoisotopic (exact) mass is 460 g/mol. The van der Waals surface area contributed by atoms with Gasteiger partial charge in [0.15, 0.2) is 11.5 Å². The fraction of sp³-hybridized carbons (Fsp3) is 0.318. The van der Waals surface area contributed by atoms with Gasteiger partial charge >= 0.3 is 0 Å². The Balaban J connectivity index is 1.36. The van der Waals surface area contributed by atoms with Crippen LogP contribution >= 0.6 is 23.2 Å². The van der Waals surface area contributed by atoms with Gasteiger partial charge in [-0.15, -0.1) is 0 Å². The Morgan fingerprint density at radius 1 is 0.968 bits per heavy atom. The molecule has 0 N–H and O–H groups in total. The van der Waals surface area contributed by atoms with Crippen LogP contribution in [0.5, 0.6) is 11.5 Å². The van der Waals surface area contributed by atoms with Gasteiger partial charge in [0.25, 0.3) is 11.8 Å². The Labute approximate surface area is 188 Å². The van der Waals surface area contributed by atoms with E-state index >= 15 is 0 Å². The minimum absolute atomic E-state index is 0.151. The molecule has 0 bridgehead atoms. The van der Waals surface area contributed by atoms with Crippen LogP contribution in [0, 0.1) is 0 Å². The maximum absolute atomic E-state index is 13.1. The van der Waals surface area contributed by atoms with Gasteiger partial charge < -0.3 is 14.4 Å². The summed E-state index contributed by atoms with van der Waals surface area (Å²) in [5.74, 6) is -0.0144. The van der Waals surface area contributed by atoms with Crippen LogP contribution in [-0.2, 0) is 4.79 Å². The lowest BCUT2D eigenvalue weighted by molar-refractivity contribution is -0.132. The normalized spacial score (nSPS) is 19.7. The highest BCUT2D eigenvalue weighted by Crippen LogP contribution is 2.38. The lowest BCUT2D eigenvalue weighted by atomic mass is 10.0. The van der Waals surface area contributed by atoms with Gasteiger partial charge in [-0.05, 0) is 42.7 Å². The Hall–Kier alpha value is -2.77. The highest BCUT2D eigenvalue weighted by Gasteiger charge is 2.40. The van der Waals surface area contributed by atoms with Gasteiger partial charge in [0, 0.05) is 6.54 Å². The molecule has 7 nitrogen and oxygen atoms in total. The van der Waals surface area contributed by atoms with Crippen molar-refractivity contribution in [3.63, 3.8) is 0 Å². The highest BCUT2D eigenvalue weighted by molar-refractivity contribution is 6.43. The third-order valence-electron chi connectivity index (χ3n) is 5.83. The summed E-state index contributed by atoms with van der Waals surface area (Å²) in [6.45, 7) is 1.22. The molecule has 0 radical (unpaired) electrons. The first-order chi connectivity index (χ1) is 14.9. The molecule has 0 saturated carbocycles. The Morgan fingerprint density at radius 2 is 1.61 bits per heavy atom. The molecule has 31 heavy (non-hydrogen) atoms. The van der Waals surface area contributed by atoms with Crippen LogP contribution < -0.4 is 9.47 Å². The number of carbonyl (C=O) groups is 3. The quantitative estimate of drug-likeness (QED) is 0.652. The van der Waals surface area contributed by atoms with Crippen LogP contribution in [0.3, 0.4) is 0 Å². The molecule has 3 amide bonds. The zero-order valence-corrected chi connectivity index (χ0v) is 17.9. The van der Waals surface area contributed by atoms with Gasteiger partial charge in [0.2, 0.25) is 5.91 Å². The van der Waals surface area contributed by atoms with E-state index in [1.807, 2.05) is 18.2 Å². The van der Waals surface area contributed by atoms with Crippen LogP contribution in [0.15, 0.2) is 30.3 Å². The predicted molar refractivity (Wildman–Crippen MR) is 113 cm³/mol. The van der Waals surface area contributed by atoms with Crippen LogP contribution in [0.2, 0.25) is 10.0 Å². The van der Waals surface area contributed by atoms with E-state index in [9.17, 15) is 14.4 Å². The summed E-state index contributed by atoms with van der Waals surface area (Å²) >= 11 is 12.0. The van der Waals surface area contributed by atoms with Crippen molar-refractivity contribution in [3.05, 3.63) is 57.1 Å². The molecule has 1 saturated heterocycles. The molecule has 1 atom stereocenters. The summed E-state index contributed by atoms with van der Waals surface area (Å²) in [7, 11) is 0. The summed E-state index contributed by atoms with van der Waals surface area (Å²) in [6.07, 6.45) is 1.62. The molecule has 0 spiro atoms. The molecule has 3 aliphatic heterocycles. The van der Waals surface area contributed by atoms with Crippen molar-refractivity contribution in [2.24, 2.45) is 0 Å². The number of benzene rings is 2.